The van der Waals surface area contributed by atoms with Crippen LogP contribution < -0.4 is 4.72 Å². The van der Waals surface area contributed by atoms with Crippen LogP contribution in [-0.4, -0.2) is 8.42 Å². The van der Waals surface area contributed by atoms with Gasteiger partial charge in [-0.3, -0.25) is 0 Å². The monoisotopic (exact) mass is 495 g/mol. The molecule has 0 saturated heterocycles. The van der Waals surface area contributed by atoms with Crippen LogP contribution in [0.15, 0.2) is 60.8 Å². The second-order valence-electron chi connectivity index (χ2n) is 4.47. The Morgan fingerprint density at radius 2 is 1.52 bits per heavy atom. The van der Waals surface area contributed by atoms with Crippen LogP contribution in [-0.2, 0) is 10.0 Å². The van der Waals surface area contributed by atoms with Crippen molar-refractivity contribution in [1.82, 2.24) is 4.72 Å². The summed E-state index contributed by atoms with van der Waals surface area (Å²) in [4.78, 5) is 0.209. The van der Waals surface area contributed by atoms with E-state index in [0.29, 0.717) is 8.95 Å². The van der Waals surface area contributed by atoms with Crippen LogP contribution in [0, 0.1) is 0 Å². The molecule has 0 aromatic heterocycles. The number of sulfonamides is 1. The van der Waals surface area contributed by atoms with Gasteiger partial charge < -0.3 is 0 Å². The molecule has 0 amide bonds. The Morgan fingerprint density at radius 1 is 0.952 bits per heavy atom. The van der Waals surface area contributed by atoms with Gasteiger partial charge in [-0.2, -0.15) is 0 Å². The lowest BCUT2D eigenvalue weighted by molar-refractivity contribution is 0.566. The van der Waals surface area contributed by atoms with Crippen molar-refractivity contribution >= 4 is 57.8 Å². The summed E-state index contributed by atoms with van der Waals surface area (Å²) in [6.07, 6.45) is 0. The first-order chi connectivity index (χ1) is 9.79. The molecule has 0 aliphatic carbocycles. The van der Waals surface area contributed by atoms with Crippen LogP contribution in [0.1, 0.15) is 18.5 Å². The predicted molar refractivity (Wildman–Crippen MR) is 94.7 cm³/mol. The molecule has 2 aromatic carbocycles. The third-order valence-electron chi connectivity index (χ3n) is 2.88. The molecule has 0 bridgehead atoms. The molecule has 3 nitrogen and oxygen atoms in total. The fraction of sp³-hybridized carbons (Fsp3) is 0.143. The van der Waals surface area contributed by atoms with Gasteiger partial charge >= 0.3 is 0 Å². The molecule has 0 saturated carbocycles. The van der Waals surface area contributed by atoms with Crippen molar-refractivity contribution in [2.75, 3.05) is 0 Å². The van der Waals surface area contributed by atoms with Gasteiger partial charge in [0.05, 0.1) is 4.90 Å². The molecule has 2 aromatic rings. The van der Waals surface area contributed by atoms with Crippen LogP contribution in [0.4, 0.5) is 0 Å². The van der Waals surface area contributed by atoms with Gasteiger partial charge in [0.15, 0.2) is 0 Å². The Bertz CT molecular complexity index is 745. The van der Waals surface area contributed by atoms with Crippen LogP contribution in [0.3, 0.4) is 0 Å². The summed E-state index contributed by atoms with van der Waals surface area (Å²) < 4.78 is 29.8. The molecular formula is C14H12Br3NO2S. The van der Waals surface area contributed by atoms with Crippen molar-refractivity contribution in [3.05, 3.63) is 61.4 Å². The molecule has 0 radical (unpaired) electrons. The Labute approximate surface area is 149 Å². The van der Waals surface area contributed by atoms with Crippen molar-refractivity contribution in [2.24, 2.45) is 0 Å². The standard InChI is InChI=1S/C14H12Br3NO2S/c1-9(10-2-4-11(15)5-3-10)18-21(19,20)14-8-12(16)6-7-13(14)17/h2-9,18H,1H3. The van der Waals surface area contributed by atoms with E-state index in [1.165, 1.54) is 0 Å². The van der Waals surface area contributed by atoms with Crippen LogP contribution >= 0.6 is 47.8 Å². The van der Waals surface area contributed by atoms with E-state index in [1.54, 1.807) is 18.2 Å². The van der Waals surface area contributed by atoms with Gasteiger partial charge in [-0.1, -0.05) is 44.0 Å². The second-order valence-corrected chi connectivity index (χ2v) is 8.84. The van der Waals surface area contributed by atoms with Gasteiger partial charge in [-0.15, -0.1) is 0 Å². The molecule has 1 unspecified atom stereocenters. The van der Waals surface area contributed by atoms with Gasteiger partial charge in [-0.05, 0) is 58.7 Å². The van der Waals surface area contributed by atoms with E-state index >= 15 is 0 Å². The smallest absolute Gasteiger partial charge is 0.207 e. The lowest BCUT2D eigenvalue weighted by Crippen LogP contribution is -2.27. The number of halogens is 3. The minimum absolute atomic E-state index is 0.209. The fourth-order valence-corrected chi connectivity index (χ4v) is 4.80. The highest BCUT2D eigenvalue weighted by Crippen LogP contribution is 2.27. The summed E-state index contributed by atoms with van der Waals surface area (Å²) in [5, 5.41) is 0. The summed E-state index contributed by atoms with van der Waals surface area (Å²) in [5.74, 6) is 0. The van der Waals surface area contributed by atoms with E-state index < -0.39 is 10.0 Å². The van der Waals surface area contributed by atoms with Crippen molar-refractivity contribution in [1.29, 1.82) is 0 Å². The van der Waals surface area contributed by atoms with Gasteiger partial charge in [0, 0.05) is 19.5 Å². The SMILES string of the molecule is CC(NS(=O)(=O)c1cc(Br)ccc1Br)c1ccc(Br)cc1. The highest BCUT2D eigenvalue weighted by atomic mass is 79.9. The molecule has 0 fully saturated rings. The summed E-state index contributed by atoms with van der Waals surface area (Å²) in [6, 6.07) is 12.3. The van der Waals surface area contributed by atoms with E-state index in [9.17, 15) is 8.42 Å². The Hall–Kier alpha value is -0.210. The maximum Gasteiger partial charge on any atom is 0.242 e. The van der Waals surface area contributed by atoms with Crippen molar-refractivity contribution in [3.63, 3.8) is 0 Å². The third-order valence-corrected chi connectivity index (χ3v) is 6.44. The van der Waals surface area contributed by atoms with E-state index in [0.717, 1.165) is 10.0 Å². The van der Waals surface area contributed by atoms with Gasteiger partial charge in [-0.25, -0.2) is 13.1 Å². The van der Waals surface area contributed by atoms with Crippen LogP contribution in [0.2, 0.25) is 0 Å². The number of nitrogens with one attached hydrogen (secondary N) is 1. The first-order valence-corrected chi connectivity index (χ1v) is 9.88. The van der Waals surface area contributed by atoms with Gasteiger partial charge in [0.1, 0.15) is 0 Å². The molecule has 21 heavy (non-hydrogen) atoms. The zero-order valence-electron chi connectivity index (χ0n) is 11.0. The number of hydrogen-bond donors (Lipinski definition) is 1. The molecule has 2 rings (SSSR count). The van der Waals surface area contributed by atoms with Crippen LogP contribution in [0.5, 0.6) is 0 Å². The summed E-state index contributed by atoms with van der Waals surface area (Å²) in [7, 11) is -3.61. The molecule has 0 aliphatic heterocycles. The highest BCUT2D eigenvalue weighted by Gasteiger charge is 2.21. The zero-order valence-corrected chi connectivity index (χ0v) is 16.6. The Balaban J connectivity index is 2.28. The predicted octanol–water partition coefficient (Wildman–Crippen LogP) is 5.01. The maximum atomic E-state index is 12.5. The minimum Gasteiger partial charge on any atom is -0.207 e. The Morgan fingerprint density at radius 3 is 2.14 bits per heavy atom. The zero-order chi connectivity index (χ0) is 15.6. The maximum absolute atomic E-state index is 12.5. The highest BCUT2D eigenvalue weighted by molar-refractivity contribution is 9.11. The Kier molecular flexibility index (Phi) is 5.65. The first kappa shape index (κ1) is 17.1. The quantitative estimate of drug-likeness (QED) is 0.645. The molecule has 1 N–H and O–H groups in total. The molecule has 112 valence electrons. The first-order valence-electron chi connectivity index (χ1n) is 6.02. The minimum atomic E-state index is -3.61. The van der Waals surface area contributed by atoms with Crippen molar-refractivity contribution in [2.45, 2.75) is 17.9 Å². The van der Waals surface area contributed by atoms with E-state index in [2.05, 4.69) is 52.5 Å². The molecule has 7 heteroatoms. The lowest BCUT2D eigenvalue weighted by atomic mass is 10.1. The normalized spacial score (nSPS) is 13.1. The topological polar surface area (TPSA) is 46.2 Å². The largest absolute Gasteiger partial charge is 0.242 e. The lowest BCUT2D eigenvalue weighted by Gasteiger charge is -2.15. The van der Waals surface area contributed by atoms with E-state index in [1.807, 2.05) is 31.2 Å². The number of hydrogen-bond acceptors (Lipinski definition) is 2. The van der Waals surface area contributed by atoms with Crippen LogP contribution in [0.25, 0.3) is 0 Å². The summed E-state index contributed by atoms with van der Waals surface area (Å²) in [6.45, 7) is 1.81. The van der Waals surface area contributed by atoms with Crippen molar-refractivity contribution < 1.29 is 8.42 Å². The van der Waals surface area contributed by atoms with E-state index in [4.69, 9.17) is 0 Å². The molecule has 0 spiro atoms. The second kappa shape index (κ2) is 6.91. The number of rotatable bonds is 4. The molecule has 1 atom stereocenters. The molecular weight excluding hydrogens is 486 g/mol. The van der Waals surface area contributed by atoms with E-state index in [-0.39, 0.29) is 10.9 Å². The fourth-order valence-electron chi connectivity index (χ4n) is 1.80. The number of benzene rings is 2. The molecule has 0 aliphatic rings. The average molecular weight is 498 g/mol. The van der Waals surface area contributed by atoms with Gasteiger partial charge in [0.2, 0.25) is 10.0 Å². The van der Waals surface area contributed by atoms with Crippen molar-refractivity contribution in [3.8, 4) is 0 Å². The summed E-state index contributed by atoms with van der Waals surface area (Å²) in [5.41, 5.74) is 0.896. The average Bonchev–Trinajstić information content (AvgIpc) is 2.41. The van der Waals surface area contributed by atoms with Gasteiger partial charge in [0.25, 0.3) is 0 Å². The third kappa shape index (κ3) is 4.39. The summed E-state index contributed by atoms with van der Waals surface area (Å²) >= 11 is 9.93. The molecule has 0 heterocycles.